The number of carbonyl (C=O) groups is 2. The number of carboxylic acids is 1. The van der Waals surface area contributed by atoms with Crippen LogP contribution in [0, 0.1) is 17.3 Å². The zero-order chi connectivity index (χ0) is 16.0. The molecular weight excluding hydrogens is 289 g/mol. The van der Waals surface area contributed by atoms with Gasteiger partial charge < -0.3 is 10.4 Å². The molecule has 0 spiro atoms. The van der Waals surface area contributed by atoms with Crippen LogP contribution in [0.25, 0.3) is 0 Å². The SMILES string of the molecule is CC1(C)[C@H](C(=O)Nc2ccc(C(F)(F)F)nc2)[C@@H]1C(=O)O. The van der Waals surface area contributed by atoms with Crippen LogP contribution in [0.3, 0.4) is 0 Å². The third-order valence-electron chi connectivity index (χ3n) is 3.70. The molecule has 0 aliphatic heterocycles. The lowest BCUT2D eigenvalue weighted by Crippen LogP contribution is -2.18. The molecule has 0 saturated heterocycles. The van der Waals surface area contributed by atoms with Crippen molar-refractivity contribution in [3.8, 4) is 0 Å². The number of pyridine rings is 1. The molecule has 0 unspecified atom stereocenters. The van der Waals surface area contributed by atoms with E-state index in [2.05, 4.69) is 10.3 Å². The number of hydrogen-bond donors (Lipinski definition) is 2. The molecule has 2 N–H and O–H groups in total. The van der Waals surface area contributed by atoms with E-state index in [9.17, 15) is 22.8 Å². The Hall–Kier alpha value is -2.12. The highest BCUT2D eigenvalue weighted by Gasteiger charge is 2.65. The normalized spacial score (nSPS) is 23.5. The van der Waals surface area contributed by atoms with Gasteiger partial charge in [-0.15, -0.1) is 0 Å². The van der Waals surface area contributed by atoms with Gasteiger partial charge in [0.2, 0.25) is 5.91 Å². The van der Waals surface area contributed by atoms with Gasteiger partial charge in [0.15, 0.2) is 0 Å². The van der Waals surface area contributed by atoms with E-state index in [1.807, 2.05) is 0 Å². The summed E-state index contributed by atoms with van der Waals surface area (Å²) in [6.07, 6.45) is -3.65. The summed E-state index contributed by atoms with van der Waals surface area (Å²) < 4.78 is 37.0. The van der Waals surface area contributed by atoms with Gasteiger partial charge in [0.1, 0.15) is 5.69 Å². The number of nitrogens with zero attached hydrogens (tertiary/aromatic N) is 1. The van der Waals surface area contributed by atoms with Crippen LogP contribution in [0.15, 0.2) is 18.3 Å². The van der Waals surface area contributed by atoms with Crippen molar-refractivity contribution in [3.63, 3.8) is 0 Å². The topological polar surface area (TPSA) is 79.3 Å². The molecule has 1 aliphatic rings. The number of amides is 1. The fraction of sp³-hybridized carbons (Fsp3) is 0.462. The second-order valence-corrected chi connectivity index (χ2v) is 5.53. The second-order valence-electron chi connectivity index (χ2n) is 5.53. The average molecular weight is 302 g/mol. The maximum absolute atomic E-state index is 12.3. The summed E-state index contributed by atoms with van der Waals surface area (Å²) in [5, 5.41) is 11.4. The smallest absolute Gasteiger partial charge is 0.433 e. The van der Waals surface area contributed by atoms with Crippen LogP contribution < -0.4 is 5.32 Å². The van der Waals surface area contributed by atoms with E-state index in [4.69, 9.17) is 5.11 Å². The molecule has 0 aromatic carbocycles. The lowest BCUT2D eigenvalue weighted by Gasteiger charge is -2.08. The fourth-order valence-corrected chi connectivity index (χ4v) is 2.44. The van der Waals surface area contributed by atoms with Gasteiger partial charge in [0.25, 0.3) is 0 Å². The first-order chi connectivity index (χ1) is 9.55. The maximum Gasteiger partial charge on any atom is 0.433 e. The molecule has 2 atom stereocenters. The van der Waals surface area contributed by atoms with Crippen molar-refractivity contribution in [1.82, 2.24) is 4.98 Å². The predicted molar refractivity (Wildman–Crippen MR) is 66.3 cm³/mol. The number of aliphatic carboxylic acids is 1. The van der Waals surface area contributed by atoms with Crippen LogP contribution in [-0.2, 0) is 15.8 Å². The van der Waals surface area contributed by atoms with Crippen LogP contribution in [-0.4, -0.2) is 22.0 Å². The molecule has 5 nitrogen and oxygen atoms in total. The van der Waals surface area contributed by atoms with E-state index < -0.39 is 41.0 Å². The summed E-state index contributed by atoms with van der Waals surface area (Å²) in [5.41, 5.74) is -1.63. The Morgan fingerprint density at radius 2 is 1.90 bits per heavy atom. The lowest BCUT2D eigenvalue weighted by molar-refractivity contribution is -0.141. The Labute approximate surface area is 118 Å². The summed E-state index contributed by atoms with van der Waals surface area (Å²) in [4.78, 5) is 26.2. The number of rotatable bonds is 3. The molecule has 0 bridgehead atoms. The maximum atomic E-state index is 12.3. The van der Waals surface area contributed by atoms with Crippen LogP contribution >= 0.6 is 0 Å². The summed E-state index contributed by atoms with van der Waals surface area (Å²) in [7, 11) is 0. The van der Waals surface area contributed by atoms with E-state index in [0.29, 0.717) is 0 Å². The quantitative estimate of drug-likeness (QED) is 0.898. The molecule has 1 amide bonds. The first kappa shape index (κ1) is 15.3. The summed E-state index contributed by atoms with van der Waals surface area (Å²) >= 11 is 0. The molecule has 1 aliphatic carbocycles. The Balaban J connectivity index is 2.06. The van der Waals surface area contributed by atoms with Gasteiger partial charge in [-0.1, -0.05) is 13.8 Å². The van der Waals surface area contributed by atoms with E-state index >= 15 is 0 Å². The molecule has 0 radical (unpaired) electrons. The van der Waals surface area contributed by atoms with Crippen molar-refractivity contribution in [3.05, 3.63) is 24.0 Å². The lowest BCUT2D eigenvalue weighted by atomic mass is 10.1. The molecule has 21 heavy (non-hydrogen) atoms. The fourth-order valence-electron chi connectivity index (χ4n) is 2.44. The number of halogens is 3. The summed E-state index contributed by atoms with van der Waals surface area (Å²) in [6, 6.07) is 1.83. The standard InChI is InChI=1S/C13H13F3N2O3/c1-12(2)8(9(12)11(20)21)10(19)18-6-3-4-7(17-5-6)13(14,15)16/h3-5,8-9H,1-2H3,(H,18,19)(H,20,21)/t8-,9+/m0/s1. The van der Waals surface area contributed by atoms with Crippen molar-refractivity contribution >= 4 is 17.6 Å². The van der Waals surface area contributed by atoms with Gasteiger partial charge in [-0.25, -0.2) is 4.98 Å². The summed E-state index contributed by atoms with van der Waals surface area (Å²) in [6.45, 7) is 3.31. The van der Waals surface area contributed by atoms with E-state index in [1.54, 1.807) is 13.8 Å². The molecule has 1 aromatic heterocycles. The van der Waals surface area contributed by atoms with Gasteiger partial charge in [0.05, 0.1) is 23.7 Å². The van der Waals surface area contributed by atoms with Gasteiger partial charge >= 0.3 is 12.1 Å². The molecule has 1 heterocycles. The first-order valence-electron chi connectivity index (χ1n) is 6.12. The predicted octanol–water partition coefficient (Wildman–Crippen LogP) is 2.40. The third kappa shape index (κ3) is 2.84. The highest BCUT2D eigenvalue weighted by atomic mass is 19.4. The highest BCUT2D eigenvalue weighted by Crippen LogP contribution is 2.58. The molecule has 1 saturated carbocycles. The van der Waals surface area contributed by atoms with Crippen LogP contribution in [0.4, 0.5) is 18.9 Å². The molecular formula is C13H13F3N2O3. The van der Waals surface area contributed by atoms with E-state index in [0.717, 1.165) is 18.3 Å². The van der Waals surface area contributed by atoms with Crippen molar-refractivity contribution in [2.75, 3.05) is 5.32 Å². The van der Waals surface area contributed by atoms with E-state index in [1.165, 1.54) is 0 Å². The number of carboxylic acid groups (broad SMARTS) is 1. The Morgan fingerprint density at radius 1 is 1.29 bits per heavy atom. The molecule has 2 rings (SSSR count). The van der Waals surface area contributed by atoms with Crippen molar-refractivity contribution in [1.29, 1.82) is 0 Å². The summed E-state index contributed by atoms with van der Waals surface area (Å²) in [5.74, 6) is -3.10. The Morgan fingerprint density at radius 3 is 2.29 bits per heavy atom. The number of alkyl halides is 3. The molecule has 1 aromatic rings. The van der Waals surface area contributed by atoms with Crippen LogP contribution in [0.1, 0.15) is 19.5 Å². The van der Waals surface area contributed by atoms with Crippen molar-refractivity contribution in [2.45, 2.75) is 20.0 Å². The second kappa shape index (κ2) is 4.71. The molecule has 1 fully saturated rings. The van der Waals surface area contributed by atoms with Gasteiger partial charge in [0, 0.05) is 0 Å². The number of aromatic nitrogens is 1. The number of anilines is 1. The first-order valence-corrected chi connectivity index (χ1v) is 6.12. The molecule has 8 heteroatoms. The Bertz CT molecular complexity index is 581. The zero-order valence-corrected chi connectivity index (χ0v) is 11.2. The monoisotopic (exact) mass is 302 g/mol. The third-order valence-corrected chi connectivity index (χ3v) is 3.70. The minimum Gasteiger partial charge on any atom is -0.481 e. The largest absolute Gasteiger partial charge is 0.481 e. The minimum atomic E-state index is -4.55. The number of hydrogen-bond acceptors (Lipinski definition) is 3. The number of carbonyl (C=O) groups excluding carboxylic acids is 1. The van der Waals surface area contributed by atoms with Gasteiger partial charge in [-0.2, -0.15) is 13.2 Å². The highest BCUT2D eigenvalue weighted by molar-refractivity contribution is 5.99. The van der Waals surface area contributed by atoms with Crippen molar-refractivity contribution in [2.24, 2.45) is 17.3 Å². The van der Waals surface area contributed by atoms with Crippen LogP contribution in [0.5, 0.6) is 0 Å². The Kier molecular flexibility index (Phi) is 3.43. The van der Waals surface area contributed by atoms with E-state index in [-0.39, 0.29) is 5.69 Å². The minimum absolute atomic E-state index is 0.0971. The van der Waals surface area contributed by atoms with Gasteiger partial charge in [-0.3, -0.25) is 9.59 Å². The van der Waals surface area contributed by atoms with Gasteiger partial charge in [-0.05, 0) is 17.5 Å². The number of nitrogens with one attached hydrogen (secondary N) is 1. The van der Waals surface area contributed by atoms with Crippen LogP contribution in [0.2, 0.25) is 0 Å². The zero-order valence-electron chi connectivity index (χ0n) is 11.2. The van der Waals surface area contributed by atoms with Crippen molar-refractivity contribution < 1.29 is 27.9 Å². The average Bonchev–Trinajstić information content (AvgIpc) is 2.92. The molecule has 114 valence electrons.